The van der Waals surface area contributed by atoms with Crippen LogP contribution in [-0.4, -0.2) is 50.8 Å². The summed E-state index contributed by atoms with van der Waals surface area (Å²) in [5, 5.41) is 11.0. The molecule has 3 aliphatic rings. The van der Waals surface area contributed by atoms with Gasteiger partial charge >= 0.3 is 0 Å². The molecule has 0 amide bonds. The van der Waals surface area contributed by atoms with Crippen molar-refractivity contribution in [3.63, 3.8) is 0 Å². The highest BCUT2D eigenvalue weighted by Gasteiger charge is 2.43. The lowest BCUT2D eigenvalue weighted by molar-refractivity contribution is 0.197. The normalized spacial score (nSPS) is 22.9. The van der Waals surface area contributed by atoms with Crippen LogP contribution in [0.15, 0.2) is 18.5 Å². The van der Waals surface area contributed by atoms with E-state index in [1.165, 1.54) is 24.8 Å². The van der Waals surface area contributed by atoms with E-state index in [2.05, 4.69) is 25.4 Å². The van der Waals surface area contributed by atoms with Gasteiger partial charge in [0.1, 0.15) is 22.8 Å². The van der Waals surface area contributed by atoms with Gasteiger partial charge in [0, 0.05) is 43.0 Å². The third kappa shape index (κ3) is 2.62. The lowest BCUT2D eigenvalue weighted by atomic mass is 9.74. The Morgan fingerprint density at radius 2 is 2.07 bits per heavy atom. The van der Waals surface area contributed by atoms with E-state index in [-0.39, 0.29) is 0 Å². The average molecular weight is 390 g/mol. The second kappa shape index (κ2) is 6.38. The zero-order valence-electron chi connectivity index (χ0n) is 16.5. The number of H-pyrrole nitrogens is 1. The number of piperidine rings is 1. The minimum atomic E-state index is 0.352. The Morgan fingerprint density at radius 3 is 2.90 bits per heavy atom. The number of anilines is 2. The Balaban J connectivity index is 1.29. The van der Waals surface area contributed by atoms with Gasteiger partial charge in [-0.1, -0.05) is 6.42 Å². The van der Waals surface area contributed by atoms with E-state index >= 15 is 0 Å². The molecule has 29 heavy (non-hydrogen) atoms. The molecule has 3 aromatic heterocycles. The fraction of sp³-hybridized carbons (Fsp3) is 0.524. The summed E-state index contributed by atoms with van der Waals surface area (Å²) in [7, 11) is 0. The molecule has 0 aromatic carbocycles. The lowest BCUT2D eigenvalue weighted by Gasteiger charge is -2.42. The maximum Gasteiger partial charge on any atom is 0.177 e. The van der Waals surface area contributed by atoms with Crippen molar-refractivity contribution >= 4 is 22.8 Å². The number of fused-ring (bicyclic) bond motifs is 2. The Kier molecular flexibility index (Phi) is 3.77. The van der Waals surface area contributed by atoms with Crippen LogP contribution in [0.4, 0.5) is 11.6 Å². The standard InChI is InChI=1S/C21H26N8/c22-15-2-1-5-21(15)6-10-29(11-7-21)16-12-25-18-17(27-28-20(18)26-16)13-3-8-23-19-14(13)4-9-24-19/h3,8,12,15H,1-2,4-7,9-11,22H2,(H,23,24)(H,26,27,28)/t15-/m1/s1. The zero-order valence-corrected chi connectivity index (χ0v) is 16.5. The van der Waals surface area contributed by atoms with E-state index in [1.54, 1.807) is 0 Å². The summed E-state index contributed by atoms with van der Waals surface area (Å²) in [5.41, 5.74) is 11.5. The second-order valence-corrected chi connectivity index (χ2v) is 8.71. The molecule has 0 bridgehead atoms. The summed E-state index contributed by atoms with van der Waals surface area (Å²) in [6.45, 7) is 2.91. The summed E-state index contributed by atoms with van der Waals surface area (Å²) >= 11 is 0. The highest BCUT2D eigenvalue weighted by molar-refractivity contribution is 5.90. The molecule has 2 fully saturated rings. The van der Waals surface area contributed by atoms with Crippen LogP contribution in [0.5, 0.6) is 0 Å². The first-order chi connectivity index (χ1) is 14.2. The molecule has 1 saturated carbocycles. The summed E-state index contributed by atoms with van der Waals surface area (Å²) in [6.07, 6.45) is 10.7. The highest BCUT2D eigenvalue weighted by Crippen LogP contribution is 2.46. The molecule has 3 aromatic rings. The van der Waals surface area contributed by atoms with Crippen molar-refractivity contribution in [2.75, 3.05) is 29.9 Å². The van der Waals surface area contributed by atoms with Crippen molar-refractivity contribution in [3.8, 4) is 11.3 Å². The Hall–Kier alpha value is -2.74. The summed E-state index contributed by atoms with van der Waals surface area (Å²) in [4.78, 5) is 16.4. The van der Waals surface area contributed by atoms with Gasteiger partial charge in [0.25, 0.3) is 0 Å². The molecular formula is C21H26N8. The van der Waals surface area contributed by atoms with E-state index < -0.39 is 0 Å². The van der Waals surface area contributed by atoms with Gasteiger partial charge in [-0.25, -0.2) is 15.0 Å². The largest absolute Gasteiger partial charge is 0.369 e. The van der Waals surface area contributed by atoms with Crippen LogP contribution in [0.25, 0.3) is 22.4 Å². The summed E-state index contributed by atoms with van der Waals surface area (Å²) < 4.78 is 0. The first-order valence-corrected chi connectivity index (χ1v) is 10.7. The Morgan fingerprint density at radius 1 is 1.17 bits per heavy atom. The second-order valence-electron chi connectivity index (χ2n) is 8.71. The quantitative estimate of drug-likeness (QED) is 0.617. The monoisotopic (exact) mass is 390 g/mol. The van der Waals surface area contributed by atoms with Crippen LogP contribution >= 0.6 is 0 Å². The van der Waals surface area contributed by atoms with E-state index in [4.69, 9.17) is 15.7 Å². The molecule has 5 heterocycles. The molecule has 4 N–H and O–H groups in total. The Bertz CT molecular complexity index is 1070. The molecule has 8 nitrogen and oxygen atoms in total. The van der Waals surface area contributed by atoms with Gasteiger partial charge < -0.3 is 16.0 Å². The fourth-order valence-corrected chi connectivity index (χ4v) is 5.53. The fourth-order valence-electron chi connectivity index (χ4n) is 5.53. The molecule has 0 radical (unpaired) electrons. The highest BCUT2D eigenvalue weighted by atomic mass is 15.2. The first-order valence-electron chi connectivity index (χ1n) is 10.7. The van der Waals surface area contributed by atoms with Gasteiger partial charge in [0.05, 0.1) is 6.20 Å². The van der Waals surface area contributed by atoms with Crippen LogP contribution in [0.1, 0.15) is 37.7 Å². The third-order valence-electron chi connectivity index (χ3n) is 7.30. The SMILES string of the molecule is N[C@@H]1CCCC12CCN(c1cnc3c(-c4ccnc5c4CCN5)n[nH]c3n1)CC2. The number of rotatable bonds is 2. The molecule has 150 valence electrons. The minimum absolute atomic E-state index is 0.352. The summed E-state index contributed by atoms with van der Waals surface area (Å²) in [6, 6.07) is 2.39. The number of pyridine rings is 1. The smallest absolute Gasteiger partial charge is 0.177 e. The van der Waals surface area contributed by atoms with Crippen molar-refractivity contribution in [1.82, 2.24) is 25.1 Å². The van der Waals surface area contributed by atoms with Gasteiger partial charge in [-0.2, -0.15) is 5.10 Å². The number of nitrogens with two attached hydrogens (primary N) is 1. The molecule has 1 aliphatic carbocycles. The van der Waals surface area contributed by atoms with E-state index in [1.807, 2.05) is 18.5 Å². The van der Waals surface area contributed by atoms with Gasteiger partial charge in [-0.15, -0.1) is 0 Å². The lowest BCUT2D eigenvalue weighted by Crippen LogP contribution is -2.47. The van der Waals surface area contributed by atoms with Crippen LogP contribution in [0.3, 0.4) is 0 Å². The predicted molar refractivity (Wildman–Crippen MR) is 113 cm³/mol. The number of nitrogens with one attached hydrogen (secondary N) is 2. The zero-order chi connectivity index (χ0) is 19.4. The molecule has 1 saturated heterocycles. The molecule has 1 atom stereocenters. The van der Waals surface area contributed by atoms with Crippen LogP contribution in [0, 0.1) is 5.41 Å². The van der Waals surface area contributed by atoms with Crippen molar-refractivity contribution in [2.24, 2.45) is 11.1 Å². The Labute approximate surface area is 169 Å². The van der Waals surface area contributed by atoms with Crippen LogP contribution < -0.4 is 16.0 Å². The number of hydrogen-bond acceptors (Lipinski definition) is 7. The average Bonchev–Trinajstić information content (AvgIpc) is 3.47. The van der Waals surface area contributed by atoms with Gasteiger partial charge in [0.15, 0.2) is 5.65 Å². The minimum Gasteiger partial charge on any atom is -0.369 e. The van der Waals surface area contributed by atoms with Crippen molar-refractivity contribution in [3.05, 3.63) is 24.0 Å². The maximum absolute atomic E-state index is 6.43. The molecule has 1 spiro atoms. The maximum atomic E-state index is 6.43. The third-order valence-corrected chi connectivity index (χ3v) is 7.30. The molecule has 6 rings (SSSR count). The van der Waals surface area contributed by atoms with Gasteiger partial charge in [-0.3, -0.25) is 5.10 Å². The van der Waals surface area contributed by atoms with E-state index in [0.29, 0.717) is 11.5 Å². The van der Waals surface area contributed by atoms with Crippen LogP contribution in [-0.2, 0) is 6.42 Å². The molecule has 2 aliphatic heterocycles. The van der Waals surface area contributed by atoms with Crippen molar-refractivity contribution in [1.29, 1.82) is 0 Å². The molecular weight excluding hydrogens is 364 g/mol. The van der Waals surface area contributed by atoms with Gasteiger partial charge in [-0.05, 0) is 43.6 Å². The van der Waals surface area contributed by atoms with Gasteiger partial charge in [0.2, 0.25) is 0 Å². The van der Waals surface area contributed by atoms with E-state index in [0.717, 1.165) is 73.0 Å². The topological polar surface area (TPSA) is 109 Å². The molecule has 8 heteroatoms. The number of hydrogen-bond donors (Lipinski definition) is 3. The van der Waals surface area contributed by atoms with Crippen molar-refractivity contribution in [2.45, 2.75) is 44.6 Å². The number of aromatic nitrogens is 5. The molecule has 0 unspecified atom stereocenters. The first kappa shape index (κ1) is 17.1. The van der Waals surface area contributed by atoms with E-state index in [9.17, 15) is 0 Å². The van der Waals surface area contributed by atoms with Crippen molar-refractivity contribution < 1.29 is 0 Å². The number of nitrogens with zero attached hydrogens (tertiary/aromatic N) is 5. The number of aromatic amines is 1. The predicted octanol–water partition coefficient (Wildman–Crippen LogP) is 2.48. The van der Waals surface area contributed by atoms with Crippen LogP contribution in [0.2, 0.25) is 0 Å². The summed E-state index contributed by atoms with van der Waals surface area (Å²) in [5.74, 6) is 1.88.